The molecule has 73 heavy (non-hydrogen) atoms. The number of nitrogens with zero attached hydrogens (tertiary/aromatic N) is 2. The van der Waals surface area contributed by atoms with Crippen molar-refractivity contribution in [3.8, 4) is 5.75 Å². The van der Waals surface area contributed by atoms with Gasteiger partial charge in [-0.1, -0.05) is 101 Å². The Morgan fingerprint density at radius 2 is 1.48 bits per heavy atom. The van der Waals surface area contributed by atoms with Crippen molar-refractivity contribution in [3.63, 3.8) is 0 Å². The van der Waals surface area contributed by atoms with Crippen molar-refractivity contribution >= 4 is 49.1 Å². The number of para-hydroxylation sites is 1. The van der Waals surface area contributed by atoms with E-state index in [2.05, 4.69) is 61.8 Å². The van der Waals surface area contributed by atoms with Gasteiger partial charge >= 0.3 is 5.97 Å². The maximum atomic E-state index is 13.3. The molecule has 2 heterocycles. The van der Waals surface area contributed by atoms with E-state index in [1.54, 1.807) is 6.07 Å². The van der Waals surface area contributed by atoms with Gasteiger partial charge in [-0.3, -0.25) is 18.7 Å². The SMILES string of the molecule is CCCCC[N+]1=C(/C=C/C2=C(Oc3ccc(C[C@H](CC(=O)[C@@H](C)Cc4ccccc4)C(=O)O)cc3)C(=C/C=C3/N(CCCCS(=O)(=O)O)c4ccc(S(=O)(=O)O)cc4C3(C)C)/CCC2)C(C)(C)c2ccccc21. The molecule has 4 aromatic rings. The molecule has 2 aliphatic heterocycles. The molecule has 0 aromatic heterocycles. The maximum Gasteiger partial charge on any atom is 0.307 e. The summed E-state index contributed by atoms with van der Waals surface area (Å²) < 4.78 is 76.9. The van der Waals surface area contributed by atoms with Crippen LogP contribution < -0.4 is 9.64 Å². The fraction of sp³-hybridized carbons (Fsp3) is 0.407. The molecule has 0 spiro atoms. The number of anilines is 1. The quantitative estimate of drug-likeness (QED) is 0.0366. The van der Waals surface area contributed by atoms with E-state index < -0.39 is 43.3 Å². The molecule has 4 aromatic carbocycles. The summed E-state index contributed by atoms with van der Waals surface area (Å²) in [5.74, 6) is -1.48. The third kappa shape index (κ3) is 13.3. The molecule has 0 unspecified atom stereocenters. The van der Waals surface area contributed by atoms with Gasteiger partial charge in [0.2, 0.25) is 5.69 Å². The van der Waals surface area contributed by atoms with Crippen LogP contribution in [0.15, 0.2) is 149 Å². The number of carbonyl (C=O) groups is 2. The second-order valence-corrected chi connectivity index (χ2v) is 23.8. The summed E-state index contributed by atoms with van der Waals surface area (Å²) in [4.78, 5) is 27.7. The molecular formula is C59H71N2O10S2+. The highest BCUT2D eigenvalue weighted by atomic mass is 32.2. The summed E-state index contributed by atoms with van der Waals surface area (Å²) in [6.45, 7) is 13.8. The first-order valence-corrected chi connectivity index (χ1v) is 28.6. The fourth-order valence-electron chi connectivity index (χ4n) is 10.6. The number of unbranched alkanes of at least 4 members (excludes halogenated alkanes) is 3. The molecule has 1 aliphatic carbocycles. The highest BCUT2D eigenvalue weighted by Crippen LogP contribution is 2.49. The number of hydrogen-bond donors (Lipinski definition) is 3. The van der Waals surface area contributed by atoms with Crippen LogP contribution in [0, 0.1) is 11.8 Å². The van der Waals surface area contributed by atoms with Crippen molar-refractivity contribution in [1.29, 1.82) is 0 Å². The number of allylic oxidation sites excluding steroid dienone is 7. The Morgan fingerprint density at radius 3 is 2.16 bits per heavy atom. The van der Waals surface area contributed by atoms with Gasteiger partial charge in [0.05, 0.1) is 22.0 Å². The number of ether oxygens (including phenoxy) is 1. The number of carboxylic acid groups (broad SMARTS) is 1. The van der Waals surface area contributed by atoms with Gasteiger partial charge in [0.25, 0.3) is 20.2 Å². The Bertz CT molecular complexity index is 3070. The Hall–Kier alpha value is -5.93. The normalized spacial score (nSPS) is 18.4. The molecule has 12 nitrogen and oxygen atoms in total. The van der Waals surface area contributed by atoms with E-state index in [1.807, 2.05) is 92.4 Å². The topological polar surface area (TPSA) is 179 Å². The van der Waals surface area contributed by atoms with Gasteiger partial charge in [-0.05, 0) is 136 Å². The molecule has 0 amide bonds. The standard InChI is InChI=1S/C59H70N2O10S2/c1-7-8-14-34-60-51-23-13-12-22-49(51)58(3,4)54(60)32-26-44-20-17-21-45(27-33-55-59(5,6)50-40-48(73(68,69)70)30-31-52(50)61(55)35-15-16-36-72(65,66)67)56(44)71-47-28-24-43(25-29-47)38-46(57(63)64)39-53(62)41(2)37-42-18-10-9-11-19-42/h9-13,18-19,22-33,40-41,46H,7-8,14-17,20-21,34-39H2,1-6H3,(H2-,63,64,65,66,67,68,69,70)/p+1/t41-,46+/m0/s1. The minimum absolute atomic E-state index is 0.0731. The van der Waals surface area contributed by atoms with E-state index in [0.29, 0.717) is 42.9 Å². The van der Waals surface area contributed by atoms with Crippen LogP contribution in [0.3, 0.4) is 0 Å². The number of rotatable bonds is 23. The highest BCUT2D eigenvalue weighted by Gasteiger charge is 2.44. The lowest BCUT2D eigenvalue weighted by molar-refractivity contribution is -0.438. The number of fused-ring (bicyclic) bond motifs is 2. The third-order valence-corrected chi connectivity index (χ3v) is 16.4. The van der Waals surface area contributed by atoms with Gasteiger partial charge < -0.3 is 14.7 Å². The zero-order valence-corrected chi connectivity index (χ0v) is 44.6. The van der Waals surface area contributed by atoms with Crippen molar-refractivity contribution in [2.24, 2.45) is 11.8 Å². The molecule has 0 saturated carbocycles. The summed E-state index contributed by atoms with van der Waals surface area (Å²) >= 11 is 0. The molecule has 0 saturated heterocycles. The van der Waals surface area contributed by atoms with Crippen molar-refractivity contribution in [2.75, 3.05) is 23.7 Å². The van der Waals surface area contributed by atoms with Crippen LogP contribution >= 0.6 is 0 Å². The molecule has 14 heteroatoms. The van der Waals surface area contributed by atoms with Gasteiger partial charge in [0, 0.05) is 59.8 Å². The summed E-state index contributed by atoms with van der Waals surface area (Å²) in [5.41, 5.74) is 8.60. The number of ketones is 1. The van der Waals surface area contributed by atoms with E-state index in [9.17, 15) is 40.6 Å². The Labute approximate surface area is 432 Å². The van der Waals surface area contributed by atoms with Crippen molar-refractivity contribution in [3.05, 3.63) is 166 Å². The van der Waals surface area contributed by atoms with Crippen molar-refractivity contribution in [2.45, 2.75) is 128 Å². The number of hydrogen-bond acceptors (Lipinski definition) is 8. The molecule has 3 aliphatic rings. The van der Waals surface area contributed by atoms with Crippen LogP contribution in [0.4, 0.5) is 11.4 Å². The average Bonchev–Trinajstić information content (AvgIpc) is 3.69. The zero-order valence-electron chi connectivity index (χ0n) is 43.0. The average molecular weight is 1030 g/mol. The number of carboxylic acids is 1. The number of carbonyl (C=O) groups excluding carboxylic acids is 1. The maximum absolute atomic E-state index is 13.3. The first-order chi connectivity index (χ1) is 34.6. The lowest BCUT2D eigenvalue weighted by Gasteiger charge is -2.27. The predicted molar refractivity (Wildman–Crippen MR) is 288 cm³/mol. The minimum atomic E-state index is -4.51. The van der Waals surface area contributed by atoms with Crippen LogP contribution in [0.25, 0.3) is 0 Å². The summed E-state index contributed by atoms with van der Waals surface area (Å²) in [5, 5.41) is 10.3. The minimum Gasteiger partial charge on any atom is -0.481 e. The lowest BCUT2D eigenvalue weighted by Crippen LogP contribution is -2.28. The van der Waals surface area contributed by atoms with Crippen LogP contribution in [-0.4, -0.2) is 71.9 Å². The summed E-state index contributed by atoms with van der Waals surface area (Å²) in [6.07, 6.45) is 15.3. The molecule has 0 bridgehead atoms. The lowest BCUT2D eigenvalue weighted by atomic mass is 9.81. The first kappa shape index (κ1) is 54.8. The number of benzene rings is 4. The molecular weight excluding hydrogens is 961 g/mol. The monoisotopic (exact) mass is 1030 g/mol. The van der Waals surface area contributed by atoms with Gasteiger partial charge in [0.1, 0.15) is 23.8 Å². The number of aliphatic carboxylic acids is 1. The van der Waals surface area contributed by atoms with E-state index in [-0.39, 0.29) is 41.3 Å². The van der Waals surface area contributed by atoms with Gasteiger partial charge in [-0.25, -0.2) is 0 Å². The van der Waals surface area contributed by atoms with E-state index in [0.717, 1.165) is 72.3 Å². The molecule has 0 fully saturated rings. The molecule has 388 valence electrons. The van der Waals surface area contributed by atoms with E-state index >= 15 is 0 Å². The molecule has 3 N–H and O–H groups in total. The third-order valence-electron chi connectivity index (χ3n) is 14.7. The Morgan fingerprint density at radius 1 is 0.781 bits per heavy atom. The Kier molecular flexibility index (Phi) is 17.3. The summed E-state index contributed by atoms with van der Waals surface area (Å²) in [6, 6.07) is 30.2. The second kappa shape index (κ2) is 23.1. The zero-order chi connectivity index (χ0) is 52.7. The highest BCUT2D eigenvalue weighted by molar-refractivity contribution is 7.86. The largest absolute Gasteiger partial charge is 0.481 e. The van der Waals surface area contributed by atoms with E-state index in [4.69, 9.17) is 4.74 Å². The summed E-state index contributed by atoms with van der Waals surface area (Å²) in [7, 11) is -8.68. The molecule has 0 radical (unpaired) electrons. The van der Waals surface area contributed by atoms with Crippen LogP contribution in [0.2, 0.25) is 0 Å². The van der Waals surface area contributed by atoms with Gasteiger partial charge in [0.15, 0.2) is 5.71 Å². The Balaban J connectivity index is 1.25. The fourth-order valence-corrected chi connectivity index (χ4v) is 11.7. The molecule has 2 atom stereocenters. The number of Topliss-reactive ketones (excluding diaryl/α,β-unsaturated/α-hetero) is 1. The second-order valence-electron chi connectivity index (χ2n) is 20.8. The van der Waals surface area contributed by atoms with Crippen molar-refractivity contribution in [1.82, 2.24) is 0 Å². The van der Waals surface area contributed by atoms with E-state index in [1.165, 1.54) is 29.1 Å². The van der Waals surface area contributed by atoms with Crippen molar-refractivity contribution < 1.29 is 49.9 Å². The first-order valence-electron chi connectivity index (χ1n) is 25.6. The smallest absolute Gasteiger partial charge is 0.307 e. The molecule has 7 rings (SSSR count). The predicted octanol–water partition coefficient (Wildman–Crippen LogP) is 11.9. The van der Waals surface area contributed by atoms with Gasteiger partial charge in [-0.2, -0.15) is 21.4 Å². The van der Waals surface area contributed by atoms with Crippen LogP contribution in [-0.2, 0) is 53.5 Å². The van der Waals surface area contributed by atoms with Crippen LogP contribution in [0.5, 0.6) is 5.75 Å². The van der Waals surface area contributed by atoms with Gasteiger partial charge in [-0.15, -0.1) is 0 Å². The van der Waals surface area contributed by atoms with Crippen LogP contribution in [0.1, 0.15) is 122 Å².